The first-order valence-electron chi connectivity index (χ1n) is 9.71. The molecule has 0 aromatic carbocycles. The molecule has 6 nitrogen and oxygen atoms in total. The Balaban J connectivity index is 1.46. The van der Waals surface area contributed by atoms with E-state index in [0.717, 1.165) is 32.2 Å². The highest BCUT2D eigenvalue weighted by Gasteiger charge is 2.41. The predicted octanol–water partition coefficient (Wildman–Crippen LogP) is 2.71. The minimum absolute atomic E-state index is 0.0936. The average molecular weight is 352 g/mol. The van der Waals surface area contributed by atoms with E-state index in [-0.39, 0.29) is 18.1 Å². The van der Waals surface area contributed by atoms with Gasteiger partial charge in [0.25, 0.3) is 0 Å². The van der Waals surface area contributed by atoms with E-state index in [2.05, 4.69) is 10.2 Å². The van der Waals surface area contributed by atoms with E-state index in [0.29, 0.717) is 31.1 Å². The highest BCUT2D eigenvalue weighted by Crippen LogP contribution is 2.38. The molecule has 3 fully saturated rings. The Morgan fingerprint density at radius 3 is 2.36 bits per heavy atom. The van der Waals surface area contributed by atoms with Crippen molar-refractivity contribution in [1.29, 1.82) is 0 Å². The van der Waals surface area contributed by atoms with Crippen molar-refractivity contribution in [3.05, 3.63) is 0 Å². The lowest BCUT2D eigenvalue weighted by atomic mass is 9.84. The van der Waals surface area contributed by atoms with Gasteiger partial charge in [-0.05, 0) is 65.2 Å². The molecule has 0 bridgehead atoms. The van der Waals surface area contributed by atoms with Gasteiger partial charge >= 0.3 is 6.09 Å². The zero-order valence-corrected chi connectivity index (χ0v) is 15.8. The molecule has 1 aliphatic heterocycles. The Morgan fingerprint density at radius 1 is 1.08 bits per heavy atom. The molecule has 25 heavy (non-hydrogen) atoms. The molecule has 0 radical (unpaired) electrons. The molecule has 6 heteroatoms. The zero-order valence-electron chi connectivity index (χ0n) is 15.8. The Hall–Kier alpha value is -1.30. The number of ether oxygens (including phenoxy) is 2. The van der Waals surface area contributed by atoms with Crippen LogP contribution in [0.2, 0.25) is 0 Å². The standard InChI is InChI=1S/C19H32N2O4/c1-19(2,3)25-18(23)20-15-8-6-14(7-9-15)17(22)21-10-11-24-12-16(21)13-4-5-13/h13-16H,4-12H2,1-3H3,(H,20,23)/t14?,15?,16-/m1/s1. The summed E-state index contributed by atoms with van der Waals surface area (Å²) >= 11 is 0. The quantitative estimate of drug-likeness (QED) is 0.848. The van der Waals surface area contributed by atoms with Crippen molar-refractivity contribution in [2.45, 2.75) is 77.0 Å². The van der Waals surface area contributed by atoms with Crippen LogP contribution in [0, 0.1) is 11.8 Å². The van der Waals surface area contributed by atoms with Gasteiger partial charge in [-0.1, -0.05) is 0 Å². The van der Waals surface area contributed by atoms with Crippen LogP contribution < -0.4 is 5.32 Å². The smallest absolute Gasteiger partial charge is 0.407 e. The van der Waals surface area contributed by atoms with Gasteiger partial charge in [0.2, 0.25) is 5.91 Å². The van der Waals surface area contributed by atoms with Crippen LogP contribution in [0.4, 0.5) is 4.79 Å². The number of amides is 2. The fraction of sp³-hybridized carbons (Fsp3) is 0.895. The first-order chi connectivity index (χ1) is 11.8. The van der Waals surface area contributed by atoms with Crippen LogP contribution in [0.5, 0.6) is 0 Å². The Morgan fingerprint density at radius 2 is 1.76 bits per heavy atom. The molecular weight excluding hydrogens is 320 g/mol. The summed E-state index contributed by atoms with van der Waals surface area (Å²) in [6.45, 7) is 7.68. The van der Waals surface area contributed by atoms with Gasteiger partial charge in [-0.15, -0.1) is 0 Å². The second kappa shape index (κ2) is 7.52. The number of nitrogens with one attached hydrogen (secondary N) is 1. The van der Waals surface area contributed by atoms with Crippen molar-refractivity contribution in [1.82, 2.24) is 10.2 Å². The second-order valence-corrected chi connectivity index (χ2v) is 8.71. The van der Waals surface area contributed by atoms with Crippen LogP contribution in [0.3, 0.4) is 0 Å². The van der Waals surface area contributed by atoms with Crippen molar-refractivity contribution in [2.75, 3.05) is 19.8 Å². The number of carbonyl (C=O) groups is 2. The summed E-state index contributed by atoms with van der Waals surface area (Å²) in [5.74, 6) is 1.04. The van der Waals surface area contributed by atoms with E-state index < -0.39 is 5.60 Å². The lowest BCUT2D eigenvalue weighted by Crippen LogP contribution is -2.52. The minimum atomic E-state index is -0.481. The number of hydrogen-bond acceptors (Lipinski definition) is 4. The van der Waals surface area contributed by atoms with Gasteiger partial charge in [-0.3, -0.25) is 4.79 Å². The fourth-order valence-corrected chi connectivity index (χ4v) is 3.96. The second-order valence-electron chi connectivity index (χ2n) is 8.71. The SMILES string of the molecule is CC(C)(C)OC(=O)NC1CCC(C(=O)N2CCOC[C@@H]2C2CC2)CC1. The average Bonchev–Trinajstić information content (AvgIpc) is 3.38. The number of rotatable bonds is 3. The lowest BCUT2D eigenvalue weighted by Gasteiger charge is -2.39. The first kappa shape index (κ1) is 18.5. The van der Waals surface area contributed by atoms with Crippen molar-refractivity contribution < 1.29 is 19.1 Å². The third kappa shape index (κ3) is 5.09. The summed E-state index contributed by atoms with van der Waals surface area (Å²) < 4.78 is 10.9. The molecule has 2 amide bonds. The Kier molecular flexibility index (Phi) is 5.56. The van der Waals surface area contributed by atoms with Crippen molar-refractivity contribution in [3.8, 4) is 0 Å². The Labute approximate surface area is 150 Å². The predicted molar refractivity (Wildman–Crippen MR) is 94.2 cm³/mol. The maximum Gasteiger partial charge on any atom is 0.407 e. The van der Waals surface area contributed by atoms with Crippen LogP contribution in [-0.2, 0) is 14.3 Å². The first-order valence-corrected chi connectivity index (χ1v) is 9.71. The molecule has 0 aromatic heterocycles. The minimum Gasteiger partial charge on any atom is -0.444 e. The summed E-state index contributed by atoms with van der Waals surface area (Å²) in [4.78, 5) is 27.0. The largest absolute Gasteiger partial charge is 0.444 e. The number of hydrogen-bond donors (Lipinski definition) is 1. The van der Waals surface area contributed by atoms with Gasteiger partial charge in [-0.2, -0.15) is 0 Å². The highest BCUT2D eigenvalue weighted by atomic mass is 16.6. The summed E-state index contributed by atoms with van der Waals surface area (Å²) in [6.07, 6.45) is 5.46. The number of nitrogens with zero attached hydrogens (tertiary/aromatic N) is 1. The fourth-order valence-electron chi connectivity index (χ4n) is 3.96. The number of carbonyl (C=O) groups excluding carboxylic acids is 2. The third-order valence-electron chi connectivity index (χ3n) is 5.41. The Bertz CT molecular complexity index is 490. The molecule has 142 valence electrons. The van der Waals surface area contributed by atoms with E-state index in [1.807, 2.05) is 20.8 Å². The van der Waals surface area contributed by atoms with Gasteiger partial charge in [0.1, 0.15) is 5.60 Å². The van der Waals surface area contributed by atoms with Gasteiger partial charge < -0.3 is 19.7 Å². The molecule has 1 atom stereocenters. The molecule has 2 aliphatic carbocycles. The van der Waals surface area contributed by atoms with Crippen LogP contribution in [0.15, 0.2) is 0 Å². The summed E-state index contributed by atoms with van der Waals surface area (Å²) in [5.41, 5.74) is -0.481. The zero-order chi connectivity index (χ0) is 18.0. The third-order valence-corrected chi connectivity index (χ3v) is 5.41. The van der Waals surface area contributed by atoms with E-state index in [4.69, 9.17) is 9.47 Å². The van der Waals surface area contributed by atoms with E-state index >= 15 is 0 Å². The number of morpholine rings is 1. The van der Waals surface area contributed by atoms with Crippen molar-refractivity contribution in [3.63, 3.8) is 0 Å². The van der Waals surface area contributed by atoms with Crippen LogP contribution in [-0.4, -0.2) is 54.3 Å². The molecule has 1 N–H and O–H groups in total. The lowest BCUT2D eigenvalue weighted by molar-refractivity contribution is -0.146. The monoisotopic (exact) mass is 352 g/mol. The molecule has 0 aromatic rings. The normalized spacial score (nSPS) is 30.7. The maximum atomic E-state index is 13.0. The molecule has 3 aliphatic rings. The highest BCUT2D eigenvalue weighted by molar-refractivity contribution is 5.79. The molecule has 1 saturated heterocycles. The van der Waals surface area contributed by atoms with Gasteiger partial charge in [0.05, 0.1) is 19.3 Å². The van der Waals surface area contributed by atoms with E-state index in [1.165, 1.54) is 12.8 Å². The molecule has 2 saturated carbocycles. The van der Waals surface area contributed by atoms with Crippen molar-refractivity contribution in [2.24, 2.45) is 11.8 Å². The summed E-state index contributed by atoms with van der Waals surface area (Å²) in [6, 6.07) is 0.404. The summed E-state index contributed by atoms with van der Waals surface area (Å²) in [7, 11) is 0. The molecule has 1 heterocycles. The molecule has 0 unspecified atom stereocenters. The maximum absolute atomic E-state index is 13.0. The topological polar surface area (TPSA) is 67.9 Å². The van der Waals surface area contributed by atoms with Gasteiger partial charge in [0, 0.05) is 18.5 Å². The van der Waals surface area contributed by atoms with Crippen LogP contribution in [0.25, 0.3) is 0 Å². The summed E-state index contributed by atoms with van der Waals surface area (Å²) in [5, 5.41) is 2.95. The molecular formula is C19H32N2O4. The van der Waals surface area contributed by atoms with Crippen LogP contribution >= 0.6 is 0 Å². The molecule has 3 rings (SSSR count). The van der Waals surface area contributed by atoms with E-state index in [9.17, 15) is 9.59 Å². The number of alkyl carbamates (subject to hydrolysis) is 1. The molecule has 0 spiro atoms. The van der Waals surface area contributed by atoms with E-state index in [1.54, 1.807) is 0 Å². The van der Waals surface area contributed by atoms with Crippen molar-refractivity contribution >= 4 is 12.0 Å². The van der Waals surface area contributed by atoms with Crippen LogP contribution in [0.1, 0.15) is 59.3 Å². The van der Waals surface area contributed by atoms with Gasteiger partial charge in [-0.25, -0.2) is 4.79 Å². The van der Waals surface area contributed by atoms with Gasteiger partial charge in [0.15, 0.2) is 0 Å².